The Morgan fingerprint density at radius 3 is 2.08 bits per heavy atom. The van der Waals surface area contributed by atoms with Crippen molar-refractivity contribution in [3.8, 4) is 0 Å². The van der Waals surface area contributed by atoms with Gasteiger partial charge in [0.15, 0.2) is 0 Å². The molecule has 1 heterocycles. The van der Waals surface area contributed by atoms with Crippen LogP contribution in [0, 0.1) is 5.82 Å². The second-order valence-corrected chi connectivity index (χ2v) is 8.01. The summed E-state index contributed by atoms with van der Waals surface area (Å²) in [6, 6.07) is 12.3. The third-order valence-corrected chi connectivity index (χ3v) is 6.16. The molecule has 2 aromatic carbocycles. The number of piperazine rings is 1. The number of hydrogen-bond acceptors (Lipinski definition) is 4. The second-order valence-electron chi connectivity index (χ2n) is 6.07. The molecule has 0 radical (unpaired) electrons. The van der Waals surface area contributed by atoms with E-state index in [-0.39, 0.29) is 16.6 Å². The highest BCUT2D eigenvalue weighted by molar-refractivity contribution is 7.89. The van der Waals surface area contributed by atoms with E-state index in [1.165, 1.54) is 35.5 Å². The summed E-state index contributed by atoms with van der Waals surface area (Å²) in [6.07, 6.45) is 0. The lowest BCUT2D eigenvalue weighted by atomic mass is 10.2. The van der Waals surface area contributed by atoms with Gasteiger partial charge in [0.05, 0.1) is 4.90 Å². The predicted molar refractivity (Wildman–Crippen MR) is 98.1 cm³/mol. The first-order valence-electron chi connectivity index (χ1n) is 8.24. The summed E-state index contributed by atoms with van der Waals surface area (Å²) < 4.78 is 40.0. The smallest absolute Gasteiger partial charge is 0.243 e. The first kappa shape index (κ1) is 18.3. The Morgan fingerprint density at radius 1 is 0.962 bits per heavy atom. The van der Waals surface area contributed by atoms with Crippen LogP contribution in [-0.4, -0.2) is 44.8 Å². The third kappa shape index (κ3) is 4.03. The summed E-state index contributed by atoms with van der Waals surface area (Å²) in [5.41, 5.74) is 1.43. The van der Waals surface area contributed by atoms with Crippen molar-refractivity contribution < 1.29 is 17.6 Å². The zero-order chi connectivity index (χ0) is 18.7. The van der Waals surface area contributed by atoms with Crippen molar-refractivity contribution in [1.82, 2.24) is 4.31 Å². The summed E-state index contributed by atoms with van der Waals surface area (Å²) in [4.78, 5) is 13.3. The van der Waals surface area contributed by atoms with Gasteiger partial charge in [0.2, 0.25) is 15.9 Å². The van der Waals surface area contributed by atoms with Crippen molar-refractivity contribution in [1.29, 1.82) is 0 Å². The minimum atomic E-state index is -3.59. The lowest BCUT2D eigenvalue weighted by Crippen LogP contribution is -2.48. The molecule has 0 atom stereocenters. The minimum absolute atomic E-state index is 0.196. The Labute approximate surface area is 152 Å². The number of rotatable bonds is 4. The standard InChI is InChI=1S/C18H20FN3O3S/c1-14(23)20-16-4-8-18(9-5-16)26(24,25)22-12-10-21(11-13-22)17-6-2-15(19)3-7-17/h2-9H,10-13H2,1H3,(H,20,23). The van der Waals surface area contributed by atoms with Crippen LogP contribution >= 0.6 is 0 Å². The van der Waals surface area contributed by atoms with Gasteiger partial charge in [-0.15, -0.1) is 0 Å². The molecular formula is C18H20FN3O3S. The van der Waals surface area contributed by atoms with E-state index >= 15 is 0 Å². The summed E-state index contributed by atoms with van der Waals surface area (Å²) in [6.45, 7) is 3.18. The number of hydrogen-bond donors (Lipinski definition) is 1. The second kappa shape index (κ2) is 7.43. The lowest BCUT2D eigenvalue weighted by Gasteiger charge is -2.35. The molecular weight excluding hydrogens is 357 g/mol. The molecule has 2 aromatic rings. The van der Waals surface area contributed by atoms with E-state index in [2.05, 4.69) is 5.32 Å². The third-order valence-electron chi connectivity index (χ3n) is 4.24. The molecule has 1 N–H and O–H groups in total. The summed E-state index contributed by atoms with van der Waals surface area (Å²) in [5, 5.41) is 2.61. The molecule has 0 unspecified atom stereocenters. The van der Waals surface area contributed by atoms with Gasteiger partial charge >= 0.3 is 0 Å². The fraction of sp³-hybridized carbons (Fsp3) is 0.278. The average molecular weight is 377 g/mol. The number of amides is 1. The molecule has 0 spiro atoms. The highest BCUT2D eigenvalue weighted by Gasteiger charge is 2.28. The van der Waals surface area contributed by atoms with Gasteiger partial charge in [-0.25, -0.2) is 12.8 Å². The van der Waals surface area contributed by atoms with E-state index in [0.29, 0.717) is 31.9 Å². The Hall–Kier alpha value is -2.45. The molecule has 1 amide bonds. The number of benzene rings is 2. The molecule has 26 heavy (non-hydrogen) atoms. The molecule has 1 aliphatic rings. The molecule has 1 saturated heterocycles. The van der Waals surface area contributed by atoms with Gasteiger partial charge in [-0.3, -0.25) is 4.79 Å². The predicted octanol–water partition coefficient (Wildman–Crippen LogP) is 2.29. The number of carbonyl (C=O) groups is 1. The first-order chi connectivity index (χ1) is 12.4. The van der Waals surface area contributed by atoms with Crippen molar-refractivity contribution >= 4 is 27.3 Å². The topological polar surface area (TPSA) is 69.7 Å². The summed E-state index contributed by atoms with van der Waals surface area (Å²) in [7, 11) is -3.59. The van der Waals surface area contributed by atoms with Gasteiger partial charge in [0, 0.05) is 44.5 Å². The van der Waals surface area contributed by atoms with Gasteiger partial charge in [-0.1, -0.05) is 0 Å². The Morgan fingerprint density at radius 2 is 1.54 bits per heavy atom. The number of nitrogens with one attached hydrogen (secondary N) is 1. The van der Waals surface area contributed by atoms with Crippen LogP contribution in [0.2, 0.25) is 0 Å². The van der Waals surface area contributed by atoms with Crippen LogP contribution in [0.4, 0.5) is 15.8 Å². The number of nitrogens with zero attached hydrogens (tertiary/aromatic N) is 2. The minimum Gasteiger partial charge on any atom is -0.369 e. The van der Waals surface area contributed by atoms with Crippen molar-refractivity contribution in [3.63, 3.8) is 0 Å². The largest absolute Gasteiger partial charge is 0.369 e. The van der Waals surface area contributed by atoms with Gasteiger partial charge in [-0.2, -0.15) is 4.31 Å². The highest BCUT2D eigenvalue weighted by Crippen LogP contribution is 2.22. The van der Waals surface area contributed by atoms with Crippen LogP contribution in [0.3, 0.4) is 0 Å². The first-order valence-corrected chi connectivity index (χ1v) is 9.68. The molecule has 0 bridgehead atoms. The van der Waals surface area contributed by atoms with E-state index in [1.54, 1.807) is 24.3 Å². The number of anilines is 2. The van der Waals surface area contributed by atoms with Crippen LogP contribution in [-0.2, 0) is 14.8 Å². The molecule has 0 aromatic heterocycles. The van der Waals surface area contributed by atoms with E-state index in [9.17, 15) is 17.6 Å². The molecule has 3 rings (SSSR count). The van der Waals surface area contributed by atoms with E-state index in [1.807, 2.05) is 4.90 Å². The Balaban J connectivity index is 1.67. The summed E-state index contributed by atoms with van der Waals surface area (Å²) >= 11 is 0. The average Bonchev–Trinajstić information content (AvgIpc) is 2.62. The van der Waals surface area contributed by atoms with Crippen molar-refractivity contribution in [2.24, 2.45) is 0 Å². The van der Waals surface area contributed by atoms with E-state index in [0.717, 1.165) is 5.69 Å². The monoisotopic (exact) mass is 377 g/mol. The highest BCUT2D eigenvalue weighted by atomic mass is 32.2. The molecule has 0 aliphatic carbocycles. The van der Waals surface area contributed by atoms with Crippen LogP contribution < -0.4 is 10.2 Å². The number of carbonyl (C=O) groups excluding carboxylic acids is 1. The maximum Gasteiger partial charge on any atom is 0.243 e. The van der Waals surface area contributed by atoms with Crippen molar-refractivity contribution in [2.75, 3.05) is 36.4 Å². The quantitative estimate of drug-likeness (QED) is 0.888. The van der Waals surface area contributed by atoms with Gasteiger partial charge in [0.1, 0.15) is 5.82 Å². The van der Waals surface area contributed by atoms with Gasteiger partial charge in [0.25, 0.3) is 0 Å². The van der Waals surface area contributed by atoms with E-state index in [4.69, 9.17) is 0 Å². The van der Waals surface area contributed by atoms with Gasteiger partial charge in [-0.05, 0) is 48.5 Å². The zero-order valence-corrected chi connectivity index (χ0v) is 15.2. The van der Waals surface area contributed by atoms with Crippen molar-refractivity contribution in [2.45, 2.75) is 11.8 Å². The summed E-state index contributed by atoms with van der Waals surface area (Å²) in [5.74, 6) is -0.504. The van der Waals surface area contributed by atoms with Crippen LogP contribution in [0.25, 0.3) is 0 Å². The van der Waals surface area contributed by atoms with Crippen molar-refractivity contribution in [3.05, 3.63) is 54.3 Å². The Bertz CT molecular complexity index is 875. The maximum atomic E-state index is 13.0. The van der Waals surface area contributed by atoms with Gasteiger partial charge < -0.3 is 10.2 Å². The lowest BCUT2D eigenvalue weighted by molar-refractivity contribution is -0.114. The maximum absolute atomic E-state index is 13.0. The SMILES string of the molecule is CC(=O)Nc1ccc(S(=O)(=O)N2CCN(c3ccc(F)cc3)CC2)cc1. The molecule has 138 valence electrons. The molecule has 6 nitrogen and oxygen atoms in total. The fourth-order valence-electron chi connectivity index (χ4n) is 2.90. The van der Waals surface area contributed by atoms with Crippen LogP contribution in [0.15, 0.2) is 53.4 Å². The number of sulfonamides is 1. The van der Waals surface area contributed by atoms with Crippen LogP contribution in [0.5, 0.6) is 0 Å². The zero-order valence-electron chi connectivity index (χ0n) is 14.4. The van der Waals surface area contributed by atoms with E-state index < -0.39 is 10.0 Å². The molecule has 8 heteroatoms. The molecule has 1 fully saturated rings. The molecule has 0 saturated carbocycles. The normalized spacial score (nSPS) is 15.7. The van der Waals surface area contributed by atoms with Crippen LogP contribution in [0.1, 0.15) is 6.92 Å². The molecule has 1 aliphatic heterocycles. The fourth-order valence-corrected chi connectivity index (χ4v) is 4.32. The number of halogens is 1. The Kier molecular flexibility index (Phi) is 5.24.